The summed E-state index contributed by atoms with van der Waals surface area (Å²) in [6.45, 7) is 6.39. The minimum atomic E-state index is -0.0240. The second kappa shape index (κ2) is 8.98. The van der Waals surface area contributed by atoms with Crippen LogP contribution in [0.25, 0.3) is 11.4 Å². The number of nitrogens with zero attached hydrogens (tertiary/aromatic N) is 4. The molecule has 1 aliphatic carbocycles. The highest BCUT2D eigenvalue weighted by Gasteiger charge is 2.28. The largest absolute Gasteiger partial charge is 0.352 e. The lowest BCUT2D eigenvalue weighted by molar-refractivity contribution is -0.118. The molecule has 1 aliphatic rings. The highest BCUT2D eigenvalue weighted by molar-refractivity contribution is 7.99. The topological polar surface area (TPSA) is 72.7 Å². The number of amides is 1. The SMILES string of the molecule is C=CCNC(=O)CSc1nnc(-c2cccnc2)n1[C@@H]1CCCC[C@@H]1C. The van der Waals surface area contributed by atoms with Crippen molar-refractivity contribution in [2.45, 2.75) is 43.8 Å². The number of hydrogen-bond acceptors (Lipinski definition) is 5. The molecule has 1 fully saturated rings. The van der Waals surface area contributed by atoms with E-state index in [1.54, 1.807) is 12.3 Å². The van der Waals surface area contributed by atoms with E-state index in [1.165, 1.54) is 31.0 Å². The van der Waals surface area contributed by atoms with Gasteiger partial charge >= 0.3 is 0 Å². The Morgan fingerprint density at radius 1 is 1.42 bits per heavy atom. The first kappa shape index (κ1) is 18.6. The second-order valence-electron chi connectivity index (χ2n) is 6.63. The van der Waals surface area contributed by atoms with Gasteiger partial charge in [-0.2, -0.15) is 0 Å². The molecule has 2 atom stereocenters. The molecule has 26 heavy (non-hydrogen) atoms. The van der Waals surface area contributed by atoms with Crippen LogP contribution in [0.4, 0.5) is 0 Å². The van der Waals surface area contributed by atoms with Crippen molar-refractivity contribution in [2.75, 3.05) is 12.3 Å². The molecule has 1 saturated carbocycles. The molecule has 3 rings (SSSR count). The number of rotatable bonds is 7. The van der Waals surface area contributed by atoms with Crippen molar-refractivity contribution in [3.05, 3.63) is 37.2 Å². The standard InChI is InChI=1S/C19H25N5OS/c1-3-10-21-17(25)13-26-19-23-22-18(15-8-6-11-20-12-15)24(19)16-9-5-4-7-14(16)2/h3,6,8,11-12,14,16H,1,4-5,7,9-10,13H2,2H3,(H,21,25)/t14-,16+/m0/s1. The fraction of sp³-hybridized carbons (Fsp3) is 0.474. The Bertz CT molecular complexity index is 746. The number of hydrogen-bond donors (Lipinski definition) is 1. The minimum absolute atomic E-state index is 0.0240. The van der Waals surface area contributed by atoms with Crippen molar-refractivity contribution < 1.29 is 4.79 Å². The quantitative estimate of drug-likeness (QED) is 0.596. The normalized spacial score (nSPS) is 19.9. The molecule has 2 aromatic heterocycles. The van der Waals surface area contributed by atoms with E-state index < -0.39 is 0 Å². The highest BCUT2D eigenvalue weighted by atomic mass is 32.2. The van der Waals surface area contributed by atoms with E-state index in [1.807, 2.05) is 18.3 Å². The molecule has 2 heterocycles. The van der Waals surface area contributed by atoms with E-state index in [0.717, 1.165) is 23.0 Å². The number of carbonyl (C=O) groups is 1. The lowest BCUT2D eigenvalue weighted by Crippen LogP contribution is -2.26. The van der Waals surface area contributed by atoms with Crippen LogP contribution in [-0.4, -0.2) is 38.0 Å². The smallest absolute Gasteiger partial charge is 0.230 e. The van der Waals surface area contributed by atoms with E-state index >= 15 is 0 Å². The van der Waals surface area contributed by atoms with Crippen LogP contribution in [0.15, 0.2) is 42.3 Å². The molecule has 0 spiro atoms. The summed E-state index contributed by atoms with van der Waals surface area (Å²) < 4.78 is 2.23. The van der Waals surface area contributed by atoms with Gasteiger partial charge < -0.3 is 5.32 Å². The molecule has 0 bridgehead atoms. The van der Waals surface area contributed by atoms with Crippen molar-refractivity contribution in [1.29, 1.82) is 0 Å². The molecule has 1 amide bonds. The van der Waals surface area contributed by atoms with Crippen molar-refractivity contribution in [3.63, 3.8) is 0 Å². The molecule has 0 saturated heterocycles. The number of thioether (sulfide) groups is 1. The van der Waals surface area contributed by atoms with Gasteiger partial charge in [0, 0.05) is 30.5 Å². The molecule has 0 aliphatic heterocycles. The van der Waals surface area contributed by atoms with E-state index in [9.17, 15) is 4.79 Å². The minimum Gasteiger partial charge on any atom is -0.352 e. The third-order valence-corrected chi connectivity index (χ3v) is 5.70. The van der Waals surface area contributed by atoms with Gasteiger partial charge in [0.05, 0.1) is 5.75 Å². The van der Waals surface area contributed by atoms with Crippen LogP contribution in [0.3, 0.4) is 0 Å². The van der Waals surface area contributed by atoms with E-state index in [2.05, 4.69) is 38.6 Å². The zero-order valence-corrected chi connectivity index (χ0v) is 15.9. The summed E-state index contributed by atoms with van der Waals surface area (Å²) in [5.41, 5.74) is 0.959. The average molecular weight is 372 g/mol. The summed E-state index contributed by atoms with van der Waals surface area (Å²) in [6, 6.07) is 4.27. The molecule has 0 radical (unpaired) electrons. The van der Waals surface area contributed by atoms with Gasteiger partial charge in [0.2, 0.25) is 5.91 Å². The third-order valence-electron chi connectivity index (χ3n) is 4.76. The van der Waals surface area contributed by atoms with Gasteiger partial charge in [-0.1, -0.05) is 37.6 Å². The van der Waals surface area contributed by atoms with Crippen LogP contribution in [0.5, 0.6) is 0 Å². The zero-order chi connectivity index (χ0) is 18.4. The Balaban J connectivity index is 1.87. The highest BCUT2D eigenvalue weighted by Crippen LogP contribution is 2.38. The second-order valence-corrected chi connectivity index (χ2v) is 7.57. The van der Waals surface area contributed by atoms with Crippen LogP contribution >= 0.6 is 11.8 Å². The first-order valence-electron chi connectivity index (χ1n) is 9.06. The lowest BCUT2D eigenvalue weighted by atomic mass is 9.85. The van der Waals surface area contributed by atoms with Gasteiger partial charge in [-0.3, -0.25) is 14.3 Å². The average Bonchev–Trinajstić information content (AvgIpc) is 3.09. The summed E-state index contributed by atoms with van der Waals surface area (Å²) in [6.07, 6.45) is 10.1. The summed E-state index contributed by atoms with van der Waals surface area (Å²) in [5, 5.41) is 12.4. The first-order chi connectivity index (χ1) is 12.7. The van der Waals surface area contributed by atoms with Gasteiger partial charge in [-0.05, 0) is 30.9 Å². The number of nitrogens with one attached hydrogen (secondary N) is 1. The Hall–Kier alpha value is -2.15. The van der Waals surface area contributed by atoms with Crippen molar-refractivity contribution >= 4 is 17.7 Å². The fourth-order valence-electron chi connectivity index (χ4n) is 3.41. The van der Waals surface area contributed by atoms with Crippen LogP contribution < -0.4 is 5.32 Å². The molecule has 138 valence electrons. The molecule has 1 N–H and O–H groups in total. The van der Waals surface area contributed by atoms with Crippen LogP contribution in [0.1, 0.15) is 38.6 Å². The summed E-state index contributed by atoms with van der Waals surface area (Å²) in [4.78, 5) is 16.2. The summed E-state index contributed by atoms with van der Waals surface area (Å²) in [5.74, 6) is 1.69. The monoisotopic (exact) mass is 371 g/mol. The first-order valence-corrected chi connectivity index (χ1v) is 10.0. The van der Waals surface area contributed by atoms with Crippen molar-refractivity contribution in [3.8, 4) is 11.4 Å². The Morgan fingerprint density at radius 3 is 3.00 bits per heavy atom. The van der Waals surface area contributed by atoms with Crippen molar-refractivity contribution in [2.24, 2.45) is 5.92 Å². The molecule has 0 unspecified atom stereocenters. The van der Waals surface area contributed by atoms with E-state index in [0.29, 0.717) is 24.3 Å². The lowest BCUT2D eigenvalue weighted by Gasteiger charge is -2.31. The van der Waals surface area contributed by atoms with Crippen LogP contribution in [0.2, 0.25) is 0 Å². The van der Waals surface area contributed by atoms with Gasteiger partial charge in [-0.25, -0.2) is 0 Å². The predicted molar refractivity (Wildman–Crippen MR) is 104 cm³/mol. The number of carbonyl (C=O) groups excluding carboxylic acids is 1. The maximum atomic E-state index is 12.0. The Labute approximate surface area is 158 Å². The number of pyridine rings is 1. The zero-order valence-electron chi connectivity index (χ0n) is 15.1. The molecular weight excluding hydrogens is 346 g/mol. The van der Waals surface area contributed by atoms with Crippen molar-refractivity contribution in [1.82, 2.24) is 25.1 Å². The molecular formula is C19H25N5OS. The number of aromatic nitrogens is 4. The summed E-state index contributed by atoms with van der Waals surface area (Å²) >= 11 is 1.44. The van der Waals surface area contributed by atoms with Crippen LogP contribution in [-0.2, 0) is 4.79 Å². The molecule has 2 aromatic rings. The third kappa shape index (κ3) is 4.33. The van der Waals surface area contributed by atoms with Gasteiger partial charge in [0.25, 0.3) is 0 Å². The Kier molecular flexibility index (Phi) is 6.44. The fourth-order valence-corrected chi connectivity index (χ4v) is 4.24. The molecule has 7 heteroatoms. The summed E-state index contributed by atoms with van der Waals surface area (Å²) in [7, 11) is 0. The molecule has 6 nitrogen and oxygen atoms in total. The molecule has 0 aromatic carbocycles. The maximum Gasteiger partial charge on any atom is 0.230 e. The maximum absolute atomic E-state index is 12.0. The van der Waals surface area contributed by atoms with E-state index in [4.69, 9.17) is 0 Å². The predicted octanol–water partition coefficient (Wildman–Crippen LogP) is 3.49. The van der Waals surface area contributed by atoms with Gasteiger partial charge in [0.1, 0.15) is 0 Å². The van der Waals surface area contributed by atoms with Gasteiger partial charge in [0.15, 0.2) is 11.0 Å². The van der Waals surface area contributed by atoms with Gasteiger partial charge in [-0.15, -0.1) is 16.8 Å². The van der Waals surface area contributed by atoms with Crippen LogP contribution in [0, 0.1) is 5.92 Å². The van der Waals surface area contributed by atoms with E-state index in [-0.39, 0.29) is 5.91 Å². The Morgan fingerprint density at radius 2 is 2.27 bits per heavy atom.